The molecule has 0 bridgehead atoms. The van der Waals surface area contributed by atoms with Gasteiger partial charge in [-0.15, -0.1) is 0 Å². The molecule has 0 fully saturated rings. The number of pyridine rings is 2. The van der Waals surface area contributed by atoms with Crippen molar-refractivity contribution in [3.05, 3.63) is 157 Å². The monoisotopic (exact) mass is 1100 g/mol. The third kappa shape index (κ3) is 10.9. The Morgan fingerprint density at radius 2 is 1.47 bits per heavy atom. The Balaban J connectivity index is 0.762. The molecule has 0 unspecified atom stereocenters. The summed E-state index contributed by atoms with van der Waals surface area (Å²) in [5.41, 5.74) is 5.44. The number of carbonyl (C=O) groups excluding carboxylic acids is 7. The second-order valence-electron chi connectivity index (χ2n) is 20.4. The van der Waals surface area contributed by atoms with Crippen molar-refractivity contribution in [2.24, 2.45) is 0 Å². The second-order valence-corrected chi connectivity index (χ2v) is 20.4. The van der Waals surface area contributed by atoms with E-state index in [1.54, 1.807) is 50.2 Å². The molecule has 2 aliphatic carbocycles. The molecule has 0 spiro atoms. The molecule has 418 valence electrons. The van der Waals surface area contributed by atoms with Crippen molar-refractivity contribution >= 4 is 58.5 Å². The Labute approximate surface area is 462 Å². The largest absolute Gasteiger partial charge is 0.481 e. The smallest absolute Gasteiger partial charge is 0.407 e. The van der Waals surface area contributed by atoms with Crippen LogP contribution < -0.4 is 37.5 Å². The maximum Gasteiger partial charge on any atom is 0.407 e. The molecule has 2 aliphatic heterocycles. The zero-order valence-electron chi connectivity index (χ0n) is 44.1. The first-order valence-electron chi connectivity index (χ1n) is 26.5. The number of aliphatic carboxylic acids is 1. The van der Waals surface area contributed by atoms with Crippen LogP contribution in [-0.4, -0.2) is 106 Å². The van der Waals surface area contributed by atoms with Crippen molar-refractivity contribution in [2.45, 2.75) is 95.2 Å². The molecule has 10 rings (SSSR count). The summed E-state index contributed by atoms with van der Waals surface area (Å²) >= 11 is 0. The van der Waals surface area contributed by atoms with Crippen molar-refractivity contribution in [2.75, 3.05) is 26.2 Å². The van der Waals surface area contributed by atoms with E-state index in [1.165, 1.54) is 10.6 Å². The molecule has 4 atom stereocenters. The number of carboxylic acid groups (broad SMARTS) is 1. The molecular formula is C59H57FN8O13. The fraction of sp³-hybridized carbons (Fsp3) is 0.322. The molecule has 21 nitrogen and oxygen atoms in total. The van der Waals surface area contributed by atoms with Gasteiger partial charge in [0.05, 0.1) is 54.7 Å². The van der Waals surface area contributed by atoms with E-state index in [2.05, 4.69) is 31.9 Å². The van der Waals surface area contributed by atoms with Gasteiger partial charge in [-0.05, 0) is 83.2 Å². The number of fused-ring (bicyclic) bond motifs is 8. The van der Waals surface area contributed by atoms with Gasteiger partial charge >= 0.3 is 18.0 Å². The number of carbonyl (C=O) groups is 8. The summed E-state index contributed by atoms with van der Waals surface area (Å²) in [6.07, 6.45) is -1.22. The number of hydrogen-bond acceptors (Lipinski definition) is 13. The number of rotatable bonds is 19. The van der Waals surface area contributed by atoms with Crippen molar-refractivity contribution in [3.8, 4) is 22.5 Å². The molecule has 22 heteroatoms. The van der Waals surface area contributed by atoms with Crippen LogP contribution in [-0.2, 0) is 74.6 Å². The van der Waals surface area contributed by atoms with Crippen LogP contribution in [0, 0.1) is 12.7 Å². The van der Waals surface area contributed by atoms with Crippen molar-refractivity contribution in [3.63, 3.8) is 0 Å². The number of benzene rings is 4. The summed E-state index contributed by atoms with van der Waals surface area (Å²) in [5.74, 6) is -6.74. The SMILES string of the molecule is CC[C@@]1(O)C(=O)OCc2c1cc1n(c2=O)Cc2c-1nc1cc(F)c(C)c3c1c2[C@@H](NC(=O)CNC(=O)[C@H](Cc1ccccc1)NC(=O)CNC(=O)CNC(=O)[C@H](CCC(=O)O)NC(=O)OCC1c2ccccc2-c2ccccc21)CC3. The number of ether oxygens (including phenoxy) is 2. The van der Waals surface area contributed by atoms with E-state index in [9.17, 15) is 53.4 Å². The van der Waals surface area contributed by atoms with Gasteiger partial charge in [-0.3, -0.25) is 33.6 Å². The number of amides is 6. The van der Waals surface area contributed by atoms with Crippen LogP contribution >= 0.6 is 0 Å². The average molecular weight is 1110 g/mol. The molecule has 2 aromatic heterocycles. The fourth-order valence-electron chi connectivity index (χ4n) is 11.4. The van der Waals surface area contributed by atoms with Crippen LogP contribution in [0.25, 0.3) is 33.4 Å². The Morgan fingerprint density at radius 1 is 0.815 bits per heavy atom. The number of aryl methyl sites for hydroxylation is 1. The molecule has 4 aliphatic rings. The van der Waals surface area contributed by atoms with E-state index in [4.69, 9.17) is 14.5 Å². The van der Waals surface area contributed by atoms with Crippen molar-refractivity contribution in [1.29, 1.82) is 0 Å². The summed E-state index contributed by atoms with van der Waals surface area (Å²) in [5, 5.41) is 36.7. The van der Waals surface area contributed by atoms with Crippen LogP contribution in [0.4, 0.5) is 9.18 Å². The number of hydrogen-bond donors (Lipinski definition) is 8. The zero-order chi connectivity index (χ0) is 57.3. The molecule has 4 aromatic carbocycles. The third-order valence-corrected chi connectivity index (χ3v) is 15.5. The summed E-state index contributed by atoms with van der Waals surface area (Å²) in [4.78, 5) is 124. The fourth-order valence-corrected chi connectivity index (χ4v) is 11.4. The lowest BCUT2D eigenvalue weighted by Crippen LogP contribution is -2.53. The average Bonchev–Trinajstić information content (AvgIpc) is 4.11. The normalized spacial score (nSPS) is 16.9. The molecule has 8 N–H and O–H groups in total. The first-order chi connectivity index (χ1) is 38.9. The summed E-state index contributed by atoms with van der Waals surface area (Å²) in [6, 6.07) is 23.6. The Kier molecular flexibility index (Phi) is 15.5. The van der Waals surface area contributed by atoms with Gasteiger partial charge in [-0.2, -0.15) is 0 Å². The van der Waals surface area contributed by atoms with Crippen LogP contribution in [0.3, 0.4) is 0 Å². The molecule has 6 amide bonds. The Hall–Kier alpha value is -9.31. The van der Waals surface area contributed by atoms with Gasteiger partial charge < -0.3 is 56.2 Å². The van der Waals surface area contributed by atoms with Crippen LogP contribution in [0.2, 0.25) is 0 Å². The number of esters is 1. The number of aliphatic hydroxyl groups is 1. The molecule has 6 aromatic rings. The Bertz CT molecular complexity index is 3620. The zero-order valence-corrected chi connectivity index (χ0v) is 44.1. The van der Waals surface area contributed by atoms with Gasteiger partial charge in [0.2, 0.25) is 29.5 Å². The first kappa shape index (κ1) is 55.0. The minimum absolute atomic E-state index is 0.0146. The lowest BCUT2D eigenvalue weighted by Gasteiger charge is -2.31. The number of nitrogens with zero attached hydrogens (tertiary/aromatic N) is 2. The molecule has 4 heterocycles. The van der Waals surface area contributed by atoms with Gasteiger partial charge in [0.1, 0.15) is 31.1 Å². The van der Waals surface area contributed by atoms with E-state index < -0.39 is 109 Å². The van der Waals surface area contributed by atoms with Gasteiger partial charge in [-0.1, -0.05) is 85.8 Å². The molecule has 0 saturated carbocycles. The predicted octanol–water partition coefficient (Wildman–Crippen LogP) is 3.48. The van der Waals surface area contributed by atoms with Gasteiger partial charge in [0.25, 0.3) is 5.56 Å². The van der Waals surface area contributed by atoms with E-state index in [0.29, 0.717) is 57.4 Å². The summed E-state index contributed by atoms with van der Waals surface area (Å²) in [7, 11) is 0. The lowest BCUT2D eigenvalue weighted by molar-refractivity contribution is -0.172. The van der Waals surface area contributed by atoms with E-state index in [1.807, 2.05) is 48.5 Å². The minimum Gasteiger partial charge on any atom is -0.481 e. The molecule has 0 saturated heterocycles. The number of nitrogens with one attached hydrogen (secondary N) is 6. The van der Waals surface area contributed by atoms with Gasteiger partial charge in [0.15, 0.2) is 5.60 Å². The minimum atomic E-state index is -2.08. The van der Waals surface area contributed by atoms with E-state index in [-0.39, 0.29) is 61.6 Å². The number of carboxylic acids is 1. The maximum absolute atomic E-state index is 15.5. The highest BCUT2D eigenvalue weighted by Crippen LogP contribution is 2.47. The van der Waals surface area contributed by atoms with Crippen molar-refractivity contribution in [1.82, 2.24) is 41.5 Å². The number of aromatic nitrogens is 2. The van der Waals surface area contributed by atoms with E-state index in [0.717, 1.165) is 22.3 Å². The van der Waals surface area contributed by atoms with E-state index >= 15 is 4.39 Å². The third-order valence-electron chi connectivity index (χ3n) is 15.5. The summed E-state index contributed by atoms with van der Waals surface area (Å²) < 4.78 is 27.7. The van der Waals surface area contributed by atoms with Gasteiger partial charge in [-0.25, -0.2) is 19.0 Å². The Morgan fingerprint density at radius 3 is 2.16 bits per heavy atom. The highest BCUT2D eigenvalue weighted by Gasteiger charge is 2.46. The van der Waals surface area contributed by atoms with Crippen molar-refractivity contribution < 1.29 is 62.4 Å². The maximum atomic E-state index is 15.5. The standard InChI is InChI=1S/C59H57FN8O13/c1-3-59(79)40-22-46-53-37(27-68(46)56(76)39(40)29-80-57(59)77)52-42(18-17-32-30(2)41(60)23-44(66-53)51(32)52)64-49(71)26-63-55(75)45(21-31-11-5-4-6-12-31)65-48(70)25-61-47(69)24-62-54(74)43(19-20-50(72)73)67-58(78)81-28-38-35-15-9-7-13-33(35)34-14-8-10-16-36(34)38/h4-16,22-23,38,42-43,45,79H,3,17-21,24-29H2,1-2H3,(H,61,69)(H,62,74)(H,63,75)(H,64,71)(H,65,70)(H,67,78)(H,72,73)/t42-,43-,45-,59-/m0/s1. The predicted molar refractivity (Wildman–Crippen MR) is 288 cm³/mol. The molecule has 81 heavy (non-hydrogen) atoms. The first-order valence-corrected chi connectivity index (χ1v) is 26.5. The highest BCUT2D eigenvalue weighted by molar-refractivity contribution is 5.96. The van der Waals surface area contributed by atoms with Crippen LogP contribution in [0.15, 0.2) is 95.8 Å². The lowest BCUT2D eigenvalue weighted by atomic mass is 9.81. The summed E-state index contributed by atoms with van der Waals surface area (Å²) in [6.45, 7) is 1.00. The molecular weight excluding hydrogens is 1050 g/mol. The topological polar surface area (TPSA) is 303 Å². The van der Waals surface area contributed by atoms with Crippen LogP contribution in [0.5, 0.6) is 0 Å². The number of halogens is 1. The van der Waals surface area contributed by atoms with Crippen LogP contribution in [0.1, 0.15) is 94.6 Å². The quantitative estimate of drug-likeness (QED) is 0.0538. The number of cyclic esters (lactones) is 1. The second kappa shape index (κ2) is 22.8. The molecule has 0 radical (unpaired) electrons. The number of alkyl carbamates (subject to hydrolysis) is 1. The van der Waals surface area contributed by atoms with Gasteiger partial charge in [0, 0.05) is 41.3 Å². The highest BCUT2D eigenvalue weighted by atomic mass is 19.1.